The summed E-state index contributed by atoms with van der Waals surface area (Å²) in [5.41, 5.74) is 4.60. The second kappa shape index (κ2) is 15.1. The molecule has 0 aromatic carbocycles. The summed E-state index contributed by atoms with van der Waals surface area (Å²) in [6.45, 7) is 11.0. The Kier molecular flexibility index (Phi) is 14.6. The molecule has 0 bridgehead atoms. The fourth-order valence-electron chi connectivity index (χ4n) is 3.64. The molecule has 0 saturated carbocycles. The van der Waals surface area contributed by atoms with Crippen LogP contribution in [0.4, 0.5) is 0 Å². The second-order valence-electron chi connectivity index (χ2n) is 9.07. The highest BCUT2D eigenvalue weighted by Crippen LogP contribution is 2.20. The van der Waals surface area contributed by atoms with E-state index in [9.17, 15) is 14.7 Å². The minimum atomic E-state index is -1.42. The fraction of sp³-hybridized carbons (Fsp3) is 0.909. The highest BCUT2D eigenvalue weighted by molar-refractivity contribution is 7.80. The lowest BCUT2D eigenvalue weighted by Gasteiger charge is -2.38. The van der Waals surface area contributed by atoms with E-state index in [1.54, 1.807) is 0 Å². The molecule has 1 amide bonds. The molecule has 6 N–H and O–H groups in total. The van der Waals surface area contributed by atoms with E-state index >= 15 is 0 Å². The maximum absolute atomic E-state index is 13.3. The van der Waals surface area contributed by atoms with E-state index in [2.05, 4.69) is 37.1 Å². The van der Waals surface area contributed by atoms with Crippen molar-refractivity contribution in [2.24, 2.45) is 17.6 Å². The van der Waals surface area contributed by atoms with E-state index in [0.29, 0.717) is 31.2 Å². The third-order valence-corrected chi connectivity index (χ3v) is 6.79. The number of nitrogens with zero attached hydrogens (tertiary/aromatic N) is 1. The van der Waals surface area contributed by atoms with E-state index in [0.717, 1.165) is 12.8 Å². The average molecular weight is 463 g/mol. The highest BCUT2D eigenvalue weighted by Gasteiger charge is 2.39. The van der Waals surface area contributed by atoms with Gasteiger partial charge < -0.3 is 26.6 Å². The van der Waals surface area contributed by atoms with E-state index < -0.39 is 17.6 Å². The molecule has 9 heteroatoms. The normalized spacial score (nSPS) is 18.6. The van der Waals surface area contributed by atoms with E-state index in [1.165, 1.54) is 6.92 Å². The molecule has 6 atom stereocenters. The molecule has 0 aliphatic rings. The first-order valence-electron chi connectivity index (χ1n) is 11.4. The van der Waals surface area contributed by atoms with Gasteiger partial charge in [0.05, 0.1) is 6.04 Å². The summed E-state index contributed by atoms with van der Waals surface area (Å²) in [7, 11) is 1.91. The minimum absolute atomic E-state index is 0.0400. The number of nitrogens with one attached hydrogen (secondary N) is 2. The van der Waals surface area contributed by atoms with Crippen LogP contribution in [0.1, 0.15) is 60.3 Å². The topological polar surface area (TPSA) is 128 Å². The molecule has 31 heavy (non-hydrogen) atoms. The third-order valence-electron chi connectivity index (χ3n) is 6.32. The number of hydrogen-bond acceptors (Lipinski definition) is 7. The Hall–Kier alpha value is -0.870. The summed E-state index contributed by atoms with van der Waals surface area (Å²) in [4.78, 5) is 27.1. The van der Waals surface area contributed by atoms with Crippen LogP contribution in [0.2, 0.25) is 0 Å². The zero-order chi connectivity index (χ0) is 24.2. The number of aliphatic hydroxyl groups is 1. The molecule has 184 valence electrons. The zero-order valence-corrected chi connectivity index (χ0v) is 21.1. The molecule has 0 saturated heterocycles. The molecule has 8 nitrogen and oxygen atoms in total. The van der Waals surface area contributed by atoms with Gasteiger partial charge in [-0.2, -0.15) is 12.6 Å². The Bertz CT molecular complexity index is 540. The van der Waals surface area contributed by atoms with Crippen molar-refractivity contribution in [2.75, 3.05) is 32.5 Å². The van der Waals surface area contributed by atoms with Crippen LogP contribution >= 0.6 is 12.6 Å². The van der Waals surface area contributed by atoms with Gasteiger partial charge in [-0.25, -0.2) is 4.79 Å². The van der Waals surface area contributed by atoms with Crippen molar-refractivity contribution in [3.05, 3.63) is 0 Å². The Morgan fingerprint density at radius 3 is 2.23 bits per heavy atom. The Labute approximate surface area is 194 Å². The lowest BCUT2D eigenvalue weighted by molar-refractivity contribution is -0.148. The monoisotopic (exact) mass is 462 g/mol. The number of aliphatic carboxylic acids is 1. The van der Waals surface area contributed by atoms with Gasteiger partial charge in [0.1, 0.15) is 5.54 Å². The summed E-state index contributed by atoms with van der Waals surface area (Å²) in [6, 6.07) is -0.373. The van der Waals surface area contributed by atoms with Crippen LogP contribution in [0, 0.1) is 11.8 Å². The summed E-state index contributed by atoms with van der Waals surface area (Å²) in [5, 5.41) is 25.1. The van der Waals surface area contributed by atoms with Crippen LogP contribution < -0.4 is 16.4 Å². The van der Waals surface area contributed by atoms with Crippen molar-refractivity contribution in [1.82, 2.24) is 15.5 Å². The predicted molar refractivity (Wildman–Crippen MR) is 129 cm³/mol. The molecule has 0 aliphatic heterocycles. The largest absolute Gasteiger partial charge is 0.480 e. The van der Waals surface area contributed by atoms with Gasteiger partial charge in [0.25, 0.3) is 0 Å². The van der Waals surface area contributed by atoms with E-state index in [4.69, 9.17) is 10.8 Å². The summed E-state index contributed by atoms with van der Waals surface area (Å²) >= 11 is 4.25. The quantitative estimate of drug-likeness (QED) is 0.180. The predicted octanol–water partition coefficient (Wildman–Crippen LogP) is 1.33. The average Bonchev–Trinajstić information content (AvgIpc) is 2.73. The standard InChI is InChI=1S/C22H46N4O4S/c1-7-15(3)18(24-12-17(23)14-31)13-26(6)19(16(4)8-2)20(28)25-22(5,21(29)30)10-9-11-27/h15-19,24,27,31H,7-14,23H2,1-6H3,(H,25,28)(H,29,30)/t15-,16-,17+,18+,19-,22-/m0/s1. The van der Waals surface area contributed by atoms with Gasteiger partial charge in [0.15, 0.2) is 0 Å². The van der Waals surface area contributed by atoms with Gasteiger partial charge in [-0.1, -0.05) is 40.5 Å². The van der Waals surface area contributed by atoms with Crippen molar-refractivity contribution >= 4 is 24.5 Å². The molecule has 0 spiro atoms. The lowest BCUT2D eigenvalue weighted by Crippen LogP contribution is -2.60. The van der Waals surface area contributed by atoms with Crippen LogP contribution in [0.25, 0.3) is 0 Å². The van der Waals surface area contributed by atoms with Gasteiger partial charge in [-0.05, 0) is 38.6 Å². The highest BCUT2D eigenvalue weighted by atomic mass is 32.1. The number of carboxylic acids is 1. The first-order chi connectivity index (χ1) is 14.5. The number of rotatable bonds is 17. The van der Waals surface area contributed by atoms with Crippen LogP contribution in [0.3, 0.4) is 0 Å². The van der Waals surface area contributed by atoms with Crippen LogP contribution in [-0.2, 0) is 9.59 Å². The van der Waals surface area contributed by atoms with Crippen LogP contribution in [0.15, 0.2) is 0 Å². The molecule has 0 radical (unpaired) electrons. The molecule has 0 aromatic heterocycles. The molecule has 0 fully saturated rings. The Morgan fingerprint density at radius 2 is 1.77 bits per heavy atom. The van der Waals surface area contributed by atoms with Crippen molar-refractivity contribution in [3.8, 4) is 0 Å². The van der Waals surface area contributed by atoms with Gasteiger partial charge in [-0.15, -0.1) is 0 Å². The second-order valence-corrected chi connectivity index (χ2v) is 9.43. The molecule has 0 heterocycles. The van der Waals surface area contributed by atoms with E-state index in [1.807, 2.05) is 25.8 Å². The lowest BCUT2D eigenvalue weighted by atomic mass is 9.91. The van der Waals surface area contributed by atoms with Gasteiger partial charge >= 0.3 is 5.97 Å². The van der Waals surface area contributed by atoms with E-state index in [-0.39, 0.29) is 36.9 Å². The number of carbonyl (C=O) groups excluding carboxylic acids is 1. The number of thiol groups is 1. The fourth-order valence-corrected chi connectivity index (χ4v) is 3.77. The maximum atomic E-state index is 13.3. The van der Waals surface area contributed by atoms with Crippen molar-refractivity contribution in [3.63, 3.8) is 0 Å². The van der Waals surface area contributed by atoms with Crippen molar-refractivity contribution in [1.29, 1.82) is 0 Å². The maximum Gasteiger partial charge on any atom is 0.329 e. The smallest absolute Gasteiger partial charge is 0.329 e. The van der Waals surface area contributed by atoms with Crippen LogP contribution in [0.5, 0.6) is 0 Å². The molecule has 0 aromatic rings. The molecule has 0 rings (SSSR count). The first-order valence-corrected chi connectivity index (χ1v) is 12.1. The SMILES string of the molecule is CC[C@H](C)[C@@H](C(=O)N[C@@](C)(CCCO)C(=O)O)N(C)C[C@@H](NC[C@@H](N)CS)[C@@H](C)CC. The Balaban J connectivity index is 5.53. The molecular formula is C22H46N4O4S. The first kappa shape index (κ1) is 30.1. The molecule has 0 unspecified atom stereocenters. The van der Waals surface area contributed by atoms with Crippen molar-refractivity contribution < 1.29 is 19.8 Å². The third kappa shape index (κ3) is 10.1. The van der Waals surface area contributed by atoms with Gasteiger partial charge in [0.2, 0.25) is 5.91 Å². The van der Waals surface area contributed by atoms with Crippen molar-refractivity contribution in [2.45, 2.75) is 84.0 Å². The number of carboxylic acid groups (broad SMARTS) is 1. The van der Waals surface area contributed by atoms with Gasteiger partial charge in [0, 0.05) is 37.5 Å². The number of hydrogen-bond donors (Lipinski definition) is 6. The van der Waals surface area contributed by atoms with Crippen LogP contribution in [-0.4, -0.2) is 83.2 Å². The summed E-state index contributed by atoms with van der Waals surface area (Å²) in [5.74, 6) is -0.383. The summed E-state index contributed by atoms with van der Waals surface area (Å²) < 4.78 is 0. The minimum Gasteiger partial charge on any atom is -0.480 e. The molecular weight excluding hydrogens is 416 g/mol. The number of likely N-dealkylation sites (N-methyl/N-ethyl adjacent to an activating group) is 1. The van der Waals surface area contributed by atoms with Gasteiger partial charge in [-0.3, -0.25) is 9.69 Å². The Morgan fingerprint density at radius 1 is 1.19 bits per heavy atom. The molecule has 0 aliphatic carbocycles. The number of amides is 1. The summed E-state index contributed by atoms with van der Waals surface area (Å²) in [6.07, 6.45) is 2.24. The number of carbonyl (C=O) groups is 2. The number of nitrogens with two attached hydrogens (primary N) is 1. The number of aliphatic hydroxyl groups excluding tert-OH is 1. The zero-order valence-electron chi connectivity index (χ0n) is 20.2.